The molecule has 1 fully saturated rings. The standard InChI is InChI=1S/C12H18N4O3/c1-15(8-12-3-2-4-19-12)10-5-9(14-13)6-11(7-10)16(17)18/h5-7,12,14H,2-4,8,13H2,1H3. The lowest BCUT2D eigenvalue weighted by Crippen LogP contribution is -2.28. The zero-order valence-corrected chi connectivity index (χ0v) is 10.8. The molecular formula is C12H18N4O3. The van der Waals surface area contributed by atoms with Crippen LogP contribution in [0.5, 0.6) is 0 Å². The number of hydrazine groups is 1. The van der Waals surface area contributed by atoms with Crippen LogP contribution in [-0.4, -0.2) is 31.2 Å². The number of likely N-dealkylation sites (N-methyl/N-ethyl adjacent to an activating group) is 1. The Morgan fingerprint density at radius 1 is 1.58 bits per heavy atom. The lowest BCUT2D eigenvalue weighted by Gasteiger charge is -2.23. The number of nitro groups is 1. The van der Waals surface area contributed by atoms with Crippen molar-refractivity contribution in [3.8, 4) is 0 Å². The minimum Gasteiger partial charge on any atom is -0.376 e. The van der Waals surface area contributed by atoms with Crippen LogP contribution < -0.4 is 16.2 Å². The van der Waals surface area contributed by atoms with Crippen molar-refractivity contribution in [1.29, 1.82) is 0 Å². The molecule has 1 unspecified atom stereocenters. The predicted molar refractivity (Wildman–Crippen MR) is 73.2 cm³/mol. The van der Waals surface area contributed by atoms with E-state index in [0.717, 1.165) is 25.1 Å². The number of hydrogen-bond acceptors (Lipinski definition) is 6. The topological polar surface area (TPSA) is 93.7 Å². The zero-order chi connectivity index (χ0) is 13.8. The van der Waals surface area contributed by atoms with Gasteiger partial charge in [-0.2, -0.15) is 0 Å². The van der Waals surface area contributed by atoms with Crippen molar-refractivity contribution in [3.05, 3.63) is 28.3 Å². The second kappa shape index (κ2) is 5.85. The van der Waals surface area contributed by atoms with Gasteiger partial charge in [-0.05, 0) is 18.9 Å². The molecule has 1 saturated heterocycles. The van der Waals surface area contributed by atoms with E-state index >= 15 is 0 Å². The lowest BCUT2D eigenvalue weighted by atomic mass is 10.2. The Kier molecular flexibility index (Phi) is 4.18. The highest BCUT2D eigenvalue weighted by molar-refractivity contribution is 5.64. The maximum absolute atomic E-state index is 10.9. The summed E-state index contributed by atoms with van der Waals surface area (Å²) in [6, 6.07) is 4.72. The van der Waals surface area contributed by atoms with Gasteiger partial charge in [0.25, 0.3) is 5.69 Å². The molecule has 7 nitrogen and oxygen atoms in total. The molecule has 1 aliphatic heterocycles. The minimum atomic E-state index is -0.426. The molecule has 0 spiro atoms. The van der Waals surface area contributed by atoms with Crippen LogP contribution in [-0.2, 0) is 4.74 Å². The number of benzene rings is 1. The third kappa shape index (κ3) is 3.33. The summed E-state index contributed by atoms with van der Waals surface area (Å²) in [5.41, 5.74) is 3.73. The molecule has 0 aliphatic carbocycles. The van der Waals surface area contributed by atoms with Crippen molar-refractivity contribution >= 4 is 17.1 Å². The van der Waals surface area contributed by atoms with Crippen LogP contribution in [0.4, 0.5) is 17.1 Å². The highest BCUT2D eigenvalue weighted by Gasteiger charge is 2.19. The van der Waals surface area contributed by atoms with Crippen LogP contribution in [0, 0.1) is 10.1 Å². The average Bonchev–Trinajstić information content (AvgIpc) is 2.90. The summed E-state index contributed by atoms with van der Waals surface area (Å²) in [7, 11) is 1.89. The SMILES string of the molecule is CN(CC1CCCO1)c1cc(NN)cc([N+](=O)[O-])c1. The number of nitro benzene ring substituents is 1. The molecule has 1 aromatic carbocycles. The van der Waals surface area contributed by atoms with Gasteiger partial charge in [0, 0.05) is 38.0 Å². The lowest BCUT2D eigenvalue weighted by molar-refractivity contribution is -0.384. The first kappa shape index (κ1) is 13.6. The van der Waals surface area contributed by atoms with Gasteiger partial charge in [0.05, 0.1) is 16.7 Å². The predicted octanol–water partition coefficient (Wildman–Crippen LogP) is 1.50. The molecule has 7 heteroatoms. The summed E-state index contributed by atoms with van der Waals surface area (Å²) < 4.78 is 5.56. The van der Waals surface area contributed by atoms with Crippen LogP contribution in [0.1, 0.15) is 12.8 Å². The fourth-order valence-electron chi connectivity index (χ4n) is 2.20. The van der Waals surface area contributed by atoms with Crippen molar-refractivity contribution in [1.82, 2.24) is 0 Å². The molecule has 1 aliphatic rings. The van der Waals surface area contributed by atoms with Gasteiger partial charge in [-0.1, -0.05) is 0 Å². The number of anilines is 2. The quantitative estimate of drug-likeness (QED) is 0.476. The van der Waals surface area contributed by atoms with Crippen molar-refractivity contribution in [3.63, 3.8) is 0 Å². The molecule has 0 amide bonds. The second-order valence-electron chi connectivity index (χ2n) is 4.66. The van der Waals surface area contributed by atoms with Gasteiger partial charge < -0.3 is 15.1 Å². The second-order valence-corrected chi connectivity index (χ2v) is 4.66. The molecule has 0 radical (unpaired) electrons. The highest BCUT2D eigenvalue weighted by Crippen LogP contribution is 2.27. The van der Waals surface area contributed by atoms with Crippen LogP contribution in [0.2, 0.25) is 0 Å². The summed E-state index contributed by atoms with van der Waals surface area (Å²) in [6.07, 6.45) is 2.29. The van der Waals surface area contributed by atoms with Crippen LogP contribution in [0.15, 0.2) is 18.2 Å². The van der Waals surface area contributed by atoms with Crippen LogP contribution in [0.25, 0.3) is 0 Å². The molecule has 104 valence electrons. The maximum atomic E-state index is 10.9. The molecule has 1 atom stereocenters. The monoisotopic (exact) mass is 266 g/mol. The van der Waals surface area contributed by atoms with Crippen molar-refractivity contribution in [2.24, 2.45) is 5.84 Å². The van der Waals surface area contributed by atoms with E-state index in [9.17, 15) is 10.1 Å². The molecule has 3 N–H and O–H groups in total. The molecule has 0 saturated carbocycles. The van der Waals surface area contributed by atoms with Crippen molar-refractivity contribution in [2.45, 2.75) is 18.9 Å². The highest BCUT2D eigenvalue weighted by atomic mass is 16.6. The van der Waals surface area contributed by atoms with E-state index in [0.29, 0.717) is 12.2 Å². The number of nitrogens with zero attached hydrogens (tertiary/aromatic N) is 2. The Hall–Kier alpha value is -1.86. The Bertz CT molecular complexity index is 460. The summed E-state index contributed by atoms with van der Waals surface area (Å²) >= 11 is 0. The Labute approximate surface area is 111 Å². The summed E-state index contributed by atoms with van der Waals surface area (Å²) in [5.74, 6) is 5.34. The number of nitrogen functional groups attached to an aromatic ring is 1. The van der Waals surface area contributed by atoms with E-state index in [1.54, 1.807) is 6.07 Å². The molecule has 1 aromatic rings. The third-order valence-corrected chi connectivity index (χ3v) is 3.22. The Balaban J connectivity index is 2.17. The molecular weight excluding hydrogens is 248 g/mol. The van der Waals surface area contributed by atoms with E-state index in [2.05, 4.69) is 5.43 Å². The van der Waals surface area contributed by atoms with Gasteiger partial charge in [-0.15, -0.1) is 0 Å². The molecule has 1 heterocycles. The van der Waals surface area contributed by atoms with Gasteiger partial charge in [-0.25, -0.2) is 0 Å². The number of nitrogens with one attached hydrogen (secondary N) is 1. The smallest absolute Gasteiger partial charge is 0.273 e. The number of rotatable bonds is 5. The van der Waals surface area contributed by atoms with Gasteiger partial charge in [0.2, 0.25) is 0 Å². The zero-order valence-electron chi connectivity index (χ0n) is 10.8. The first-order chi connectivity index (χ1) is 9.10. The summed E-state index contributed by atoms with van der Waals surface area (Å²) in [6.45, 7) is 1.51. The minimum absolute atomic E-state index is 0.0182. The van der Waals surface area contributed by atoms with Gasteiger partial charge >= 0.3 is 0 Å². The van der Waals surface area contributed by atoms with Gasteiger partial charge in [0.1, 0.15) is 0 Å². The normalized spacial score (nSPS) is 18.3. The first-order valence-corrected chi connectivity index (χ1v) is 6.19. The number of nitrogens with two attached hydrogens (primary N) is 1. The Morgan fingerprint density at radius 3 is 2.95 bits per heavy atom. The number of ether oxygens (including phenoxy) is 1. The molecule has 19 heavy (non-hydrogen) atoms. The summed E-state index contributed by atoms with van der Waals surface area (Å²) in [4.78, 5) is 12.4. The van der Waals surface area contributed by atoms with Gasteiger partial charge in [0.15, 0.2) is 0 Å². The maximum Gasteiger partial charge on any atom is 0.273 e. The molecule has 2 rings (SSSR count). The largest absolute Gasteiger partial charge is 0.376 e. The van der Waals surface area contributed by atoms with Crippen molar-refractivity contribution < 1.29 is 9.66 Å². The molecule has 0 bridgehead atoms. The number of hydrogen-bond donors (Lipinski definition) is 2. The van der Waals surface area contributed by atoms with Crippen molar-refractivity contribution in [2.75, 3.05) is 30.5 Å². The van der Waals surface area contributed by atoms with E-state index in [-0.39, 0.29) is 11.8 Å². The van der Waals surface area contributed by atoms with E-state index in [4.69, 9.17) is 10.6 Å². The van der Waals surface area contributed by atoms with E-state index < -0.39 is 4.92 Å². The van der Waals surface area contributed by atoms with E-state index in [1.807, 2.05) is 11.9 Å². The third-order valence-electron chi connectivity index (χ3n) is 3.22. The Morgan fingerprint density at radius 2 is 2.37 bits per heavy atom. The average molecular weight is 266 g/mol. The first-order valence-electron chi connectivity index (χ1n) is 6.19. The fraction of sp³-hybridized carbons (Fsp3) is 0.500. The molecule has 0 aromatic heterocycles. The summed E-state index contributed by atoms with van der Waals surface area (Å²) in [5, 5.41) is 10.9. The van der Waals surface area contributed by atoms with Crippen LogP contribution >= 0.6 is 0 Å². The fourth-order valence-corrected chi connectivity index (χ4v) is 2.20. The van der Waals surface area contributed by atoms with Crippen LogP contribution in [0.3, 0.4) is 0 Å². The number of non-ortho nitro benzene ring substituents is 1. The van der Waals surface area contributed by atoms with E-state index in [1.165, 1.54) is 12.1 Å². The van der Waals surface area contributed by atoms with Gasteiger partial charge in [-0.3, -0.25) is 16.0 Å².